The molecule has 0 spiro atoms. The summed E-state index contributed by atoms with van der Waals surface area (Å²) >= 11 is 0. The first-order valence-corrected chi connectivity index (χ1v) is 6.88. The zero-order chi connectivity index (χ0) is 14.1. The van der Waals surface area contributed by atoms with E-state index in [1.54, 1.807) is 12.5 Å². The van der Waals surface area contributed by atoms with Crippen molar-refractivity contribution in [1.82, 2.24) is 9.88 Å². The fourth-order valence-electron chi connectivity index (χ4n) is 2.58. The van der Waals surface area contributed by atoms with E-state index in [2.05, 4.69) is 4.98 Å². The van der Waals surface area contributed by atoms with Gasteiger partial charge in [-0.15, -0.1) is 0 Å². The number of hydrogen-bond donors (Lipinski definition) is 0. The van der Waals surface area contributed by atoms with Crippen molar-refractivity contribution in [3.8, 4) is 0 Å². The van der Waals surface area contributed by atoms with Gasteiger partial charge in [-0.2, -0.15) is 0 Å². The number of furan rings is 1. The van der Waals surface area contributed by atoms with Gasteiger partial charge in [0.15, 0.2) is 0 Å². The zero-order valence-corrected chi connectivity index (χ0v) is 11.7. The average Bonchev–Trinajstić information content (AvgIpc) is 3.11. The van der Waals surface area contributed by atoms with E-state index in [4.69, 9.17) is 4.42 Å². The van der Waals surface area contributed by atoms with Gasteiger partial charge in [0.2, 0.25) is 5.91 Å². The van der Waals surface area contributed by atoms with Gasteiger partial charge >= 0.3 is 0 Å². The van der Waals surface area contributed by atoms with E-state index < -0.39 is 0 Å². The first-order chi connectivity index (χ1) is 9.68. The summed E-state index contributed by atoms with van der Waals surface area (Å²) in [7, 11) is 1.86. The lowest BCUT2D eigenvalue weighted by molar-refractivity contribution is -0.133. The molecule has 1 fully saturated rings. The third kappa shape index (κ3) is 2.33. The number of rotatable bonds is 4. The molecule has 0 N–H and O–H groups in total. The molecule has 0 bridgehead atoms. The summed E-state index contributed by atoms with van der Waals surface area (Å²) in [5.74, 6) is 1.42. The Balaban J connectivity index is 1.66. The van der Waals surface area contributed by atoms with Crippen molar-refractivity contribution >= 4 is 5.91 Å². The van der Waals surface area contributed by atoms with Gasteiger partial charge in [0, 0.05) is 31.3 Å². The zero-order valence-electron chi connectivity index (χ0n) is 11.7. The lowest BCUT2D eigenvalue weighted by atomic mass is 10.1. The molecule has 104 valence electrons. The maximum absolute atomic E-state index is 12.5. The molecule has 4 nitrogen and oxygen atoms in total. The molecule has 0 aromatic carbocycles. The molecule has 0 saturated heterocycles. The number of carbonyl (C=O) groups excluding carboxylic acids is 1. The van der Waals surface area contributed by atoms with Crippen LogP contribution in [0.15, 0.2) is 47.3 Å². The monoisotopic (exact) mass is 270 g/mol. The summed E-state index contributed by atoms with van der Waals surface area (Å²) in [5.41, 5.74) is 1.05. The molecule has 1 saturated carbocycles. The number of hydrogen-bond acceptors (Lipinski definition) is 3. The Kier molecular flexibility index (Phi) is 3.30. The third-order valence-corrected chi connectivity index (χ3v) is 4.11. The van der Waals surface area contributed by atoms with Crippen molar-refractivity contribution in [3.63, 3.8) is 0 Å². The maximum atomic E-state index is 12.5. The summed E-state index contributed by atoms with van der Waals surface area (Å²) < 4.78 is 5.38. The Morgan fingerprint density at radius 1 is 1.45 bits per heavy atom. The smallest absolute Gasteiger partial charge is 0.226 e. The highest BCUT2D eigenvalue weighted by Crippen LogP contribution is 2.49. The fourth-order valence-corrected chi connectivity index (χ4v) is 2.58. The van der Waals surface area contributed by atoms with E-state index in [1.807, 2.05) is 49.3 Å². The minimum Gasteiger partial charge on any atom is -0.469 e. The van der Waals surface area contributed by atoms with Crippen molar-refractivity contribution in [2.45, 2.75) is 25.3 Å². The van der Waals surface area contributed by atoms with Gasteiger partial charge in [-0.3, -0.25) is 9.78 Å². The van der Waals surface area contributed by atoms with Gasteiger partial charge in [-0.1, -0.05) is 6.07 Å². The van der Waals surface area contributed by atoms with Crippen LogP contribution in [0.25, 0.3) is 0 Å². The standard InChI is InChI=1S/C16H18N2O2/c1-11(12-5-3-7-17-10-12)18(2)16(19)14-9-13(14)15-6-4-8-20-15/h3-8,10-11,13-14H,9H2,1-2H3. The highest BCUT2D eigenvalue weighted by atomic mass is 16.3. The quantitative estimate of drug-likeness (QED) is 0.858. The molecular formula is C16H18N2O2. The van der Waals surface area contributed by atoms with Gasteiger partial charge in [0.05, 0.1) is 12.3 Å². The Morgan fingerprint density at radius 3 is 2.95 bits per heavy atom. The van der Waals surface area contributed by atoms with E-state index in [1.165, 1.54) is 0 Å². The van der Waals surface area contributed by atoms with Crippen molar-refractivity contribution in [2.24, 2.45) is 5.92 Å². The highest BCUT2D eigenvalue weighted by Gasteiger charge is 2.47. The van der Waals surface area contributed by atoms with E-state index in [0.29, 0.717) is 0 Å². The van der Waals surface area contributed by atoms with Gasteiger partial charge in [0.25, 0.3) is 0 Å². The minimum atomic E-state index is 0.0362. The second-order valence-corrected chi connectivity index (χ2v) is 5.38. The molecule has 3 atom stereocenters. The Labute approximate surface area is 118 Å². The summed E-state index contributed by atoms with van der Waals surface area (Å²) in [6, 6.07) is 7.75. The van der Waals surface area contributed by atoms with E-state index in [0.717, 1.165) is 17.7 Å². The number of carbonyl (C=O) groups is 1. The molecule has 0 aliphatic heterocycles. The average molecular weight is 270 g/mol. The topological polar surface area (TPSA) is 46.3 Å². The summed E-state index contributed by atoms with van der Waals surface area (Å²) in [4.78, 5) is 18.4. The first kappa shape index (κ1) is 12.9. The number of aromatic nitrogens is 1. The predicted octanol–water partition coefficient (Wildman–Crippen LogP) is 3.00. The molecule has 2 aromatic heterocycles. The summed E-state index contributed by atoms with van der Waals surface area (Å²) in [5, 5.41) is 0. The van der Waals surface area contributed by atoms with Crippen LogP contribution in [0.4, 0.5) is 0 Å². The van der Waals surface area contributed by atoms with E-state index in [9.17, 15) is 4.79 Å². The van der Waals surface area contributed by atoms with Crippen LogP contribution in [-0.4, -0.2) is 22.8 Å². The van der Waals surface area contributed by atoms with E-state index in [-0.39, 0.29) is 23.8 Å². The predicted molar refractivity (Wildman–Crippen MR) is 75.0 cm³/mol. The Morgan fingerprint density at radius 2 is 2.30 bits per heavy atom. The fraction of sp³-hybridized carbons (Fsp3) is 0.375. The number of pyridine rings is 1. The largest absolute Gasteiger partial charge is 0.469 e. The van der Waals surface area contributed by atoms with Gasteiger partial charge < -0.3 is 9.32 Å². The molecule has 20 heavy (non-hydrogen) atoms. The minimum absolute atomic E-state index is 0.0362. The molecule has 0 radical (unpaired) electrons. The van der Waals surface area contributed by atoms with Crippen LogP contribution < -0.4 is 0 Å². The molecule has 3 rings (SSSR count). The molecule has 2 heterocycles. The van der Waals surface area contributed by atoms with Gasteiger partial charge in [-0.05, 0) is 37.1 Å². The summed E-state index contributed by atoms with van der Waals surface area (Å²) in [6.07, 6.45) is 6.10. The highest BCUT2D eigenvalue weighted by molar-refractivity contribution is 5.83. The molecule has 1 amide bonds. The lowest BCUT2D eigenvalue weighted by Gasteiger charge is -2.25. The second kappa shape index (κ2) is 5.12. The lowest BCUT2D eigenvalue weighted by Crippen LogP contribution is -2.31. The maximum Gasteiger partial charge on any atom is 0.226 e. The van der Waals surface area contributed by atoms with Crippen molar-refractivity contribution in [3.05, 3.63) is 54.2 Å². The van der Waals surface area contributed by atoms with Crippen LogP contribution in [0.5, 0.6) is 0 Å². The Hall–Kier alpha value is -2.10. The Bertz CT molecular complexity index is 580. The number of amides is 1. The van der Waals surface area contributed by atoms with Crippen molar-refractivity contribution in [2.75, 3.05) is 7.05 Å². The van der Waals surface area contributed by atoms with Crippen LogP contribution in [0.2, 0.25) is 0 Å². The van der Waals surface area contributed by atoms with Gasteiger partial charge in [-0.25, -0.2) is 0 Å². The first-order valence-electron chi connectivity index (χ1n) is 6.88. The SMILES string of the molecule is CC(c1cccnc1)N(C)C(=O)C1CC1c1ccco1. The van der Waals surface area contributed by atoms with Crippen LogP contribution in [0.3, 0.4) is 0 Å². The van der Waals surface area contributed by atoms with Crippen molar-refractivity contribution in [1.29, 1.82) is 0 Å². The molecule has 1 aliphatic rings. The molecule has 1 aliphatic carbocycles. The van der Waals surface area contributed by atoms with Crippen LogP contribution >= 0.6 is 0 Å². The number of nitrogens with zero attached hydrogens (tertiary/aromatic N) is 2. The molecular weight excluding hydrogens is 252 g/mol. The molecule has 4 heteroatoms. The normalized spacial score (nSPS) is 22.3. The molecule has 2 aromatic rings. The molecule has 3 unspecified atom stereocenters. The second-order valence-electron chi connectivity index (χ2n) is 5.38. The van der Waals surface area contributed by atoms with Gasteiger partial charge in [0.1, 0.15) is 5.76 Å². The summed E-state index contributed by atoms with van der Waals surface area (Å²) in [6.45, 7) is 2.03. The van der Waals surface area contributed by atoms with Crippen LogP contribution in [-0.2, 0) is 4.79 Å². The van der Waals surface area contributed by atoms with Crippen LogP contribution in [0.1, 0.15) is 36.6 Å². The third-order valence-electron chi connectivity index (χ3n) is 4.11. The van der Waals surface area contributed by atoms with Crippen LogP contribution in [0, 0.1) is 5.92 Å². The van der Waals surface area contributed by atoms with Crippen molar-refractivity contribution < 1.29 is 9.21 Å². The van der Waals surface area contributed by atoms with E-state index >= 15 is 0 Å².